The maximum atomic E-state index is 11.6. The highest BCUT2D eigenvalue weighted by Crippen LogP contribution is 2.15. The zero-order chi connectivity index (χ0) is 16.1. The van der Waals surface area contributed by atoms with Crippen LogP contribution in [-0.2, 0) is 9.53 Å². The Morgan fingerprint density at radius 1 is 1.10 bits per heavy atom. The second-order valence-electron chi connectivity index (χ2n) is 6.47. The monoisotopic (exact) mass is 292 g/mol. The first-order valence-corrected chi connectivity index (χ1v) is 8.25. The van der Waals surface area contributed by atoms with Gasteiger partial charge in [-0.25, -0.2) is 0 Å². The average molecular weight is 292 g/mol. The fourth-order valence-electron chi connectivity index (χ4n) is 1.71. The normalized spacial score (nSPS) is 10.5. The lowest BCUT2D eigenvalue weighted by molar-refractivity contribution is -0.152. The van der Waals surface area contributed by atoms with Crippen molar-refractivity contribution in [1.29, 1.82) is 0 Å². The molecule has 0 fully saturated rings. The van der Waals surface area contributed by atoms with E-state index in [0.717, 1.165) is 12.8 Å². The lowest BCUT2D eigenvalue weighted by atomic mass is 9.97. The van der Waals surface area contributed by atoms with E-state index in [-0.39, 0.29) is 5.97 Å². The van der Waals surface area contributed by atoms with E-state index in [2.05, 4.69) is 31.8 Å². The summed E-state index contributed by atoms with van der Waals surface area (Å²) >= 11 is 0. The molecule has 2 nitrogen and oxygen atoms in total. The molecule has 0 aromatic carbocycles. The number of unbranched alkanes of at least 4 members (excludes halogenated alkanes) is 2. The molecule has 0 aliphatic rings. The van der Waals surface area contributed by atoms with Gasteiger partial charge in [-0.05, 0) is 52.5 Å². The van der Waals surface area contributed by atoms with Crippen molar-refractivity contribution >= 4 is 5.97 Å². The fourth-order valence-corrected chi connectivity index (χ4v) is 1.71. The molecule has 0 unspecified atom stereocenters. The summed E-state index contributed by atoms with van der Waals surface area (Å²) in [6.45, 7) is 10.4. The van der Waals surface area contributed by atoms with Crippen LogP contribution in [0.2, 0.25) is 0 Å². The fraction of sp³-hybridized carbons (Fsp3) is 0.737. The maximum absolute atomic E-state index is 11.6. The van der Waals surface area contributed by atoms with E-state index in [9.17, 15) is 4.79 Å². The highest BCUT2D eigenvalue weighted by molar-refractivity contribution is 5.75. The number of ether oxygens (including phenoxy) is 1. The summed E-state index contributed by atoms with van der Waals surface area (Å²) in [4.78, 5) is 11.6. The van der Waals surface area contributed by atoms with E-state index in [0.29, 0.717) is 13.0 Å². The molecule has 0 N–H and O–H groups in total. The molecule has 120 valence electrons. The van der Waals surface area contributed by atoms with Gasteiger partial charge in [0.2, 0.25) is 0 Å². The second kappa shape index (κ2) is 11.4. The van der Waals surface area contributed by atoms with Crippen molar-refractivity contribution in [2.24, 2.45) is 5.41 Å². The number of carbonyl (C=O) groups is 1. The molecule has 0 atom stereocenters. The van der Waals surface area contributed by atoms with Gasteiger partial charge in [0.25, 0.3) is 0 Å². The van der Waals surface area contributed by atoms with Gasteiger partial charge < -0.3 is 4.74 Å². The number of rotatable bonds is 8. The van der Waals surface area contributed by atoms with E-state index >= 15 is 0 Å². The molecule has 0 aromatic heterocycles. The Balaban J connectivity index is 4.14. The van der Waals surface area contributed by atoms with Crippen LogP contribution in [0.5, 0.6) is 0 Å². The summed E-state index contributed by atoms with van der Waals surface area (Å²) in [5.74, 6) is 6.02. The first kappa shape index (κ1) is 19.8. The van der Waals surface area contributed by atoms with Crippen LogP contribution in [0.4, 0.5) is 0 Å². The van der Waals surface area contributed by atoms with Crippen molar-refractivity contribution in [3.63, 3.8) is 0 Å². The van der Waals surface area contributed by atoms with Crippen molar-refractivity contribution in [1.82, 2.24) is 0 Å². The first-order valence-electron chi connectivity index (χ1n) is 8.25. The van der Waals surface area contributed by atoms with Crippen LogP contribution >= 0.6 is 0 Å². The minimum absolute atomic E-state index is 0.161. The number of hydrogen-bond acceptors (Lipinski definition) is 2. The Morgan fingerprint density at radius 2 is 1.67 bits per heavy atom. The van der Waals surface area contributed by atoms with Crippen LogP contribution in [0.15, 0.2) is 11.6 Å². The molecular weight excluding hydrogens is 260 g/mol. The van der Waals surface area contributed by atoms with E-state index < -0.39 is 5.41 Å². The molecule has 2 heteroatoms. The Hall–Kier alpha value is -1.23. The number of allylic oxidation sites excluding steroid dienone is 2. The molecule has 0 aliphatic carbocycles. The van der Waals surface area contributed by atoms with E-state index in [1.165, 1.54) is 31.3 Å². The second-order valence-corrected chi connectivity index (χ2v) is 6.47. The standard InChI is InChI=1S/C19H32O2/c1-6-8-13-17(14-9-7-2)15-11-10-12-16-21-18(20)19(3,4)5/h15H,6-9,12-14,16H2,1-5H3. The SMILES string of the molecule is CCCCC(=CC#CCCOC(=O)C(C)(C)C)CCCC. The van der Waals surface area contributed by atoms with Crippen LogP contribution in [-0.4, -0.2) is 12.6 Å². The first-order chi connectivity index (χ1) is 9.91. The summed E-state index contributed by atoms with van der Waals surface area (Å²) in [6, 6.07) is 0. The van der Waals surface area contributed by atoms with E-state index in [1.807, 2.05) is 20.8 Å². The van der Waals surface area contributed by atoms with Crippen LogP contribution in [0.25, 0.3) is 0 Å². The van der Waals surface area contributed by atoms with Gasteiger partial charge in [-0.3, -0.25) is 4.79 Å². The molecule has 0 heterocycles. The van der Waals surface area contributed by atoms with Gasteiger partial charge in [0.05, 0.1) is 5.41 Å². The molecule has 0 rings (SSSR count). The maximum Gasteiger partial charge on any atom is 0.311 e. The van der Waals surface area contributed by atoms with Gasteiger partial charge in [0.15, 0.2) is 0 Å². The van der Waals surface area contributed by atoms with Crippen molar-refractivity contribution in [2.45, 2.75) is 79.6 Å². The minimum atomic E-state index is -0.430. The number of hydrogen-bond donors (Lipinski definition) is 0. The smallest absolute Gasteiger partial charge is 0.311 e. The number of carbonyl (C=O) groups excluding carboxylic acids is 1. The van der Waals surface area contributed by atoms with Gasteiger partial charge in [-0.1, -0.05) is 44.1 Å². The van der Waals surface area contributed by atoms with Crippen LogP contribution in [0, 0.1) is 17.3 Å². The van der Waals surface area contributed by atoms with Gasteiger partial charge in [0.1, 0.15) is 6.61 Å². The third kappa shape index (κ3) is 11.1. The third-order valence-electron chi connectivity index (χ3n) is 3.15. The van der Waals surface area contributed by atoms with Crippen molar-refractivity contribution in [3.8, 4) is 11.8 Å². The minimum Gasteiger partial charge on any atom is -0.464 e. The summed E-state index contributed by atoms with van der Waals surface area (Å²) in [6.07, 6.45) is 9.90. The lowest BCUT2D eigenvalue weighted by Crippen LogP contribution is -2.23. The van der Waals surface area contributed by atoms with E-state index in [1.54, 1.807) is 0 Å². The summed E-state index contributed by atoms with van der Waals surface area (Å²) in [5.41, 5.74) is 1.03. The van der Waals surface area contributed by atoms with Gasteiger partial charge in [0, 0.05) is 6.42 Å². The average Bonchev–Trinajstić information content (AvgIpc) is 2.43. The third-order valence-corrected chi connectivity index (χ3v) is 3.15. The summed E-state index contributed by atoms with van der Waals surface area (Å²) in [5, 5.41) is 0. The molecule has 0 saturated heterocycles. The topological polar surface area (TPSA) is 26.3 Å². The molecule has 0 amide bonds. The van der Waals surface area contributed by atoms with Crippen molar-refractivity contribution < 1.29 is 9.53 Å². The molecule has 0 saturated carbocycles. The zero-order valence-corrected chi connectivity index (χ0v) is 14.6. The molecule has 0 radical (unpaired) electrons. The van der Waals surface area contributed by atoms with Gasteiger partial charge >= 0.3 is 5.97 Å². The molecule has 21 heavy (non-hydrogen) atoms. The predicted octanol–water partition coefficient (Wildman–Crippen LogP) is 5.28. The predicted molar refractivity (Wildman–Crippen MR) is 89.9 cm³/mol. The molecule has 0 aromatic rings. The van der Waals surface area contributed by atoms with Crippen LogP contribution in [0.3, 0.4) is 0 Å². The molecular formula is C19H32O2. The van der Waals surface area contributed by atoms with Gasteiger partial charge in [-0.15, -0.1) is 0 Å². The van der Waals surface area contributed by atoms with Crippen molar-refractivity contribution in [3.05, 3.63) is 11.6 Å². The Labute approximate surface area is 131 Å². The zero-order valence-electron chi connectivity index (χ0n) is 14.6. The molecule has 0 bridgehead atoms. The van der Waals surface area contributed by atoms with Crippen molar-refractivity contribution in [2.75, 3.05) is 6.61 Å². The van der Waals surface area contributed by atoms with Crippen LogP contribution < -0.4 is 0 Å². The summed E-state index contributed by atoms with van der Waals surface area (Å²) in [7, 11) is 0. The number of esters is 1. The Bertz CT molecular complexity index is 365. The lowest BCUT2D eigenvalue weighted by Gasteiger charge is -2.15. The quantitative estimate of drug-likeness (QED) is 0.346. The van der Waals surface area contributed by atoms with E-state index in [4.69, 9.17) is 4.74 Å². The molecule has 0 aliphatic heterocycles. The largest absolute Gasteiger partial charge is 0.464 e. The Morgan fingerprint density at radius 3 is 2.14 bits per heavy atom. The Kier molecular flexibility index (Phi) is 10.8. The highest BCUT2D eigenvalue weighted by Gasteiger charge is 2.22. The highest BCUT2D eigenvalue weighted by atomic mass is 16.5. The van der Waals surface area contributed by atoms with Gasteiger partial charge in [-0.2, -0.15) is 0 Å². The van der Waals surface area contributed by atoms with Crippen LogP contribution in [0.1, 0.15) is 79.6 Å². The summed E-state index contributed by atoms with van der Waals surface area (Å²) < 4.78 is 5.18. The molecule has 0 spiro atoms.